The van der Waals surface area contributed by atoms with E-state index in [1.165, 1.54) is 5.56 Å². The number of aryl methyl sites for hydroxylation is 2. The topological polar surface area (TPSA) is 82.0 Å². The number of pyridine rings is 2. The highest BCUT2D eigenvalue weighted by Gasteiger charge is 2.15. The maximum atomic E-state index is 6.40. The molecule has 0 amide bonds. The molecule has 0 atom stereocenters. The van der Waals surface area contributed by atoms with Gasteiger partial charge in [0.25, 0.3) is 0 Å². The van der Waals surface area contributed by atoms with Crippen molar-refractivity contribution in [1.29, 1.82) is 0 Å². The summed E-state index contributed by atoms with van der Waals surface area (Å²) in [6.45, 7) is 2.00. The lowest BCUT2D eigenvalue weighted by Crippen LogP contribution is -2.08. The molecule has 6 nitrogen and oxygen atoms in total. The van der Waals surface area contributed by atoms with Crippen LogP contribution in [0.15, 0.2) is 67.3 Å². The van der Waals surface area contributed by atoms with Gasteiger partial charge < -0.3 is 5.73 Å². The van der Waals surface area contributed by atoms with Crippen molar-refractivity contribution in [1.82, 2.24) is 24.6 Å². The van der Waals surface area contributed by atoms with Crippen LogP contribution in [-0.2, 0) is 12.8 Å². The number of anilines is 1. The van der Waals surface area contributed by atoms with E-state index in [0.717, 1.165) is 51.8 Å². The van der Waals surface area contributed by atoms with Crippen LogP contribution in [0.1, 0.15) is 16.8 Å². The first-order valence-electron chi connectivity index (χ1n) is 9.57. The molecule has 0 radical (unpaired) electrons. The molecule has 0 spiro atoms. The molecule has 0 fully saturated rings. The average Bonchev–Trinajstić information content (AvgIpc) is 3.19. The number of hydrogen-bond acceptors (Lipinski definition) is 5. The molecule has 142 valence electrons. The largest absolute Gasteiger partial charge is 0.383 e. The summed E-state index contributed by atoms with van der Waals surface area (Å²) < 4.78 is 1.72. The van der Waals surface area contributed by atoms with Crippen molar-refractivity contribution >= 4 is 22.4 Å². The van der Waals surface area contributed by atoms with E-state index in [-0.39, 0.29) is 0 Å². The minimum atomic E-state index is 0.625. The predicted octanol–water partition coefficient (Wildman–Crippen LogP) is 4.02. The van der Waals surface area contributed by atoms with E-state index in [0.29, 0.717) is 5.82 Å². The Bertz CT molecular complexity index is 1320. The third-order valence-corrected chi connectivity index (χ3v) is 5.33. The Balaban J connectivity index is 1.58. The van der Waals surface area contributed by atoms with Gasteiger partial charge >= 0.3 is 0 Å². The van der Waals surface area contributed by atoms with Gasteiger partial charge in [0.2, 0.25) is 0 Å². The van der Waals surface area contributed by atoms with Crippen LogP contribution < -0.4 is 5.73 Å². The molecule has 0 aliphatic rings. The number of para-hydroxylation sites is 1. The Morgan fingerprint density at radius 2 is 1.83 bits per heavy atom. The summed E-state index contributed by atoms with van der Waals surface area (Å²) in [7, 11) is 0. The van der Waals surface area contributed by atoms with E-state index in [9.17, 15) is 0 Å². The van der Waals surface area contributed by atoms with Gasteiger partial charge in [0.05, 0.1) is 11.7 Å². The molecule has 0 saturated carbocycles. The molecular formula is C23H20N6. The van der Waals surface area contributed by atoms with Gasteiger partial charge in [0.1, 0.15) is 5.82 Å². The lowest BCUT2D eigenvalue weighted by Gasteiger charge is -2.11. The molecule has 5 rings (SSSR count). The third kappa shape index (κ3) is 3.08. The maximum absolute atomic E-state index is 6.40. The first kappa shape index (κ1) is 17.3. The summed E-state index contributed by atoms with van der Waals surface area (Å²) in [5.74, 6) is 0.625. The summed E-state index contributed by atoms with van der Waals surface area (Å²) in [6.07, 6.45) is 9.00. The van der Waals surface area contributed by atoms with Gasteiger partial charge in [0, 0.05) is 46.4 Å². The molecule has 0 aliphatic heterocycles. The lowest BCUT2D eigenvalue weighted by atomic mass is 10.1. The number of benzene rings is 1. The number of nitrogens with two attached hydrogens (primary N) is 1. The minimum Gasteiger partial charge on any atom is -0.383 e. The number of nitrogens with zero attached hydrogens (tertiary/aromatic N) is 5. The van der Waals surface area contributed by atoms with Crippen molar-refractivity contribution in [3.05, 3.63) is 84.1 Å². The van der Waals surface area contributed by atoms with Crippen LogP contribution in [0.2, 0.25) is 0 Å². The summed E-state index contributed by atoms with van der Waals surface area (Å²) in [4.78, 5) is 13.6. The fourth-order valence-corrected chi connectivity index (χ4v) is 3.62. The summed E-state index contributed by atoms with van der Waals surface area (Å²) in [6, 6.07) is 14.2. The second-order valence-corrected chi connectivity index (χ2v) is 7.13. The number of hydrogen-bond donors (Lipinski definition) is 1. The molecule has 5 aromatic rings. The van der Waals surface area contributed by atoms with Crippen molar-refractivity contribution in [2.75, 3.05) is 5.73 Å². The molecule has 29 heavy (non-hydrogen) atoms. The van der Waals surface area contributed by atoms with E-state index >= 15 is 0 Å². The van der Waals surface area contributed by atoms with Crippen LogP contribution in [0.5, 0.6) is 0 Å². The van der Waals surface area contributed by atoms with Gasteiger partial charge in [-0.1, -0.05) is 18.2 Å². The van der Waals surface area contributed by atoms with Crippen LogP contribution in [0.25, 0.3) is 27.7 Å². The van der Waals surface area contributed by atoms with Crippen LogP contribution in [-0.4, -0.2) is 24.6 Å². The van der Waals surface area contributed by atoms with Gasteiger partial charge in [-0.2, -0.15) is 9.61 Å². The number of nitrogen functional groups attached to an aromatic ring is 1. The highest BCUT2D eigenvalue weighted by atomic mass is 15.3. The van der Waals surface area contributed by atoms with Crippen molar-refractivity contribution in [3.8, 4) is 11.1 Å². The molecule has 0 bridgehead atoms. The zero-order valence-corrected chi connectivity index (χ0v) is 16.1. The highest BCUT2D eigenvalue weighted by molar-refractivity contribution is 5.87. The Morgan fingerprint density at radius 3 is 2.69 bits per heavy atom. The molecule has 6 heteroatoms. The van der Waals surface area contributed by atoms with Crippen LogP contribution in [0, 0.1) is 6.92 Å². The van der Waals surface area contributed by atoms with Crippen molar-refractivity contribution in [2.45, 2.75) is 19.8 Å². The van der Waals surface area contributed by atoms with E-state index in [1.807, 2.05) is 62.0 Å². The molecule has 0 saturated heterocycles. The van der Waals surface area contributed by atoms with E-state index in [1.54, 1.807) is 4.52 Å². The van der Waals surface area contributed by atoms with Gasteiger partial charge in [-0.25, -0.2) is 4.98 Å². The SMILES string of the molecule is Cc1c(CCc2ccncc2)nc2c(-c3cnc4ccccc4c3)cnn2c1N. The van der Waals surface area contributed by atoms with Gasteiger partial charge in [0.15, 0.2) is 5.65 Å². The normalized spacial score (nSPS) is 11.3. The zero-order valence-electron chi connectivity index (χ0n) is 16.1. The highest BCUT2D eigenvalue weighted by Crippen LogP contribution is 2.28. The number of aromatic nitrogens is 5. The third-order valence-electron chi connectivity index (χ3n) is 5.33. The van der Waals surface area contributed by atoms with Gasteiger partial charge in [-0.05, 0) is 49.6 Å². The van der Waals surface area contributed by atoms with Crippen molar-refractivity contribution < 1.29 is 0 Å². The number of fused-ring (bicyclic) bond motifs is 2. The first-order valence-corrected chi connectivity index (χ1v) is 9.57. The fourth-order valence-electron chi connectivity index (χ4n) is 3.62. The van der Waals surface area contributed by atoms with Crippen LogP contribution in [0.4, 0.5) is 5.82 Å². The molecule has 2 N–H and O–H groups in total. The standard InChI is InChI=1S/C23H20N6/c1-15-20(7-6-16-8-10-25-11-9-16)28-23-19(14-27-29(23)22(15)24)18-12-17-4-2-3-5-21(17)26-13-18/h2-5,8-14H,6-7,24H2,1H3. The minimum absolute atomic E-state index is 0.625. The second kappa shape index (κ2) is 6.98. The predicted molar refractivity (Wildman–Crippen MR) is 115 cm³/mol. The summed E-state index contributed by atoms with van der Waals surface area (Å²) >= 11 is 0. The maximum Gasteiger partial charge on any atom is 0.165 e. The first-order chi connectivity index (χ1) is 14.2. The Morgan fingerprint density at radius 1 is 1.00 bits per heavy atom. The Kier molecular flexibility index (Phi) is 4.17. The zero-order chi connectivity index (χ0) is 19.8. The van der Waals surface area contributed by atoms with E-state index in [2.05, 4.69) is 27.2 Å². The van der Waals surface area contributed by atoms with Gasteiger partial charge in [-0.15, -0.1) is 0 Å². The Labute approximate surface area is 168 Å². The molecule has 1 aromatic carbocycles. The Hall–Kier alpha value is -3.80. The molecule has 0 unspecified atom stereocenters. The summed E-state index contributed by atoms with van der Waals surface area (Å²) in [5, 5.41) is 5.57. The van der Waals surface area contributed by atoms with E-state index in [4.69, 9.17) is 10.7 Å². The number of rotatable bonds is 4. The lowest BCUT2D eigenvalue weighted by molar-refractivity contribution is 0.866. The molecule has 4 heterocycles. The smallest absolute Gasteiger partial charge is 0.165 e. The van der Waals surface area contributed by atoms with Crippen molar-refractivity contribution in [2.24, 2.45) is 0 Å². The average molecular weight is 380 g/mol. The summed E-state index contributed by atoms with van der Waals surface area (Å²) in [5.41, 5.74) is 13.2. The molecular weight excluding hydrogens is 360 g/mol. The van der Waals surface area contributed by atoms with Crippen LogP contribution in [0.3, 0.4) is 0 Å². The second-order valence-electron chi connectivity index (χ2n) is 7.13. The van der Waals surface area contributed by atoms with E-state index < -0.39 is 0 Å². The molecule has 0 aliphatic carbocycles. The monoisotopic (exact) mass is 380 g/mol. The van der Waals surface area contributed by atoms with Gasteiger partial charge in [-0.3, -0.25) is 9.97 Å². The quantitative estimate of drug-likeness (QED) is 0.509. The van der Waals surface area contributed by atoms with Crippen LogP contribution >= 0.6 is 0 Å². The fraction of sp³-hybridized carbons (Fsp3) is 0.130. The molecule has 4 aromatic heterocycles. The van der Waals surface area contributed by atoms with Crippen molar-refractivity contribution in [3.63, 3.8) is 0 Å².